The van der Waals surface area contributed by atoms with Gasteiger partial charge in [0.15, 0.2) is 0 Å². The van der Waals surface area contributed by atoms with Gasteiger partial charge in [-0.3, -0.25) is 14.4 Å². The number of rotatable bonds is 2. The standard InChI is InChI=1S/C20H20N6O3S/c1-23-10-16(27)24(2)20-18(19(23)29)12-7-8-25(9-15(12)30-20)17(28)11-26-21-13-5-3-4-6-14(13)22-26/h3-6H,7-11H2,1-2H3. The molecule has 3 amide bonds. The zero-order valence-corrected chi connectivity index (χ0v) is 17.5. The highest BCUT2D eigenvalue weighted by atomic mass is 32.1. The Balaban J connectivity index is 1.39. The number of nitrogens with zero attached hydrogens (tertiary/aromatic N) is 6. The van der Waals surface area contributed by atoms with Gasteiger partial charge in [0, 0.05) is 25.5 Å². The van der Waals surface area contributed by atoms with Crippen LogP contribution in [-0.2, 0) is 29.1 Å². The molecule has 0 saturated carbocycles. The summed E-state index contributed by atoms with van der Waals surface area (Å²) >= 11 is 1.43. The van der Waals surface area contributed by atoms with Gasteiger partial charge in [0.25, 0.3) is 5.91 Å². The van der Waals surface area contributed by atoms with Crippen LogP contribution in [0.25, 0.3) is 11.0 Å². The van der Waals surface area contributed by atoms with Crippen molar-refractivity contribution in [1.82, 2.24) is 24.8 Å². The second-order valence-electron chi connectivity index (χ2n) is 7.58. The number of hydrogen-bond donors (Lipinski definition) is 0. The van der Waals surface area contributed by atoms with Crippen LogP contribution in [-0.4, -0.2) is 69.7 Å². The summed E-state index contributed by atoms with van der Waals surface area (Å²) in [6, 6.07) is 7.50. The van der Waals surface area contributed by atoms with Gasteiger partial charge in [-0.15, -0.1) is 11.3 Å². The van der Waals surface area contributed by atoms with Crippen molar-refractivity contribution in [3.05, 3.63) is 40.3 Å². The van der Waals surface area contributed by atoms with Gasteiger partial charge in [-0.05, 0) is 24.1 Å². The minimum Gasteiger partial charge on any atom is -0.336 e. The molecule has 0 bridgehead atoms. The lowest BCUT2D eigenvalue weighted by Gasteiger charge is -2.27. The van der Waals surface area contributed by atoms with Crippen molar-refractivity contribution in [3.63, 3.8) is 0 Å². The summed E-state index contributed by atoms with van der Waals surface area (Å²) in [5, 5.41) is 9.39. The molecule has 0 saturated heterocycles. The Morgan fingerprint density at radius 3 is 2.50 bits per heavy atom. The monoisotopic (exact) mass is 424 g/mol. The Morgan fingerprint density at radius 2 is 1.80 bits per heavy atom. The lowest BCUT2D eigenvalue weighted by molar-refractivity contribution is -0.133. The van der Waals surface area contributed by atoms with Crippen LogP contribution in [0.15, 0.2) is 24.3 Å². The normalized spacial score (nSPS) is 16.7. The molecule has 2 aliphatic heterocycles. The lowest BCUT2D eigenvalue weighted by atomic mass is 10.0. The van der Waals surface area contributed by atoms with Gasteiger partial charge < -0.3 is 14.7 Å². The molecule has 0 aliphatic carbocycles. The third kappa shape index (κ3) is 2.95. The smallest absolute Gasteiger partial charge is 0.257 e. The number of carbonyl (C=O) groups excluding carboxylic acids is 3. The van der Waals surface area contributed by atoms with Gasteiger partial charge >= 0.3 is 0 Å². The fourth-order valence-electron chi connectivity index (χ4n) is 3.94. The zero-order valence-electron chi connectivity index (χ0n) is 16.7. The van der Waals surface area contributed by atoms with E-state index in [1.807, 2.05) is 24.3 Å². The highest BCUT2D eigenvalue weighted by Crippen LogP contribution is 2.40. The third-order valence-corrected chi connectivity index (χ3v) is 6.90. The highest BCUT2D eigenvalue weighted by molar-refractivity contribution is 7.17. The summed E-state index contributed by atoms with van der Waals surface area (Å²) in [6.45, 7) is 1.08. The van der Waals surface area contributed by atoms with Crippen LogP contribution in [0.4, 0.5) is 5.00 Å². The van der Waals surface area contributed by atoms with E-state index in [4.69, 9.17) is 0 Å². The van der Waals surface area contributed by atoms with Crippen molar-refractivity contribution < 1.29 is 14.4 Å². The molecule has 2 aromatic heterocycles. The second kappa shape index (κ2) is 6.91. The van der Waals surface area contributed by atoms with Crippen LogP contribution in [0.5, 0.6) is 0 Å². The molecule has 2 aliphatic rings. The van der Waals surface area contributed by atoms with E-state index >= 15 is 0 Å². The summed E-state index contributed by atoms with van der Waals surface area (Å²) in [4.78, 5) is 45.3. The third-order valence-electron chi connectivity index (χ3n) is 5.61. The number of anilines is 1. The molecular formula is C20H20N6O3S. The largest absolute Gasteiger partial charge is 0.336 e. The number of thiophene rings is 1. The molecule has 3 aromatic rings. The van der Waals surface area contributed by atoms with E-state index in [-0.39, 0.29) is 30.8 Å². The molecule has 0 N–H and O–H groups in total. The van der Waals surface area contributed by atoms with Gasteiger partial charge in [0.2, 0.25) is 11.8 Å². The predicted octanol–water partition coefficient (Wildman–Crippen LogP) is 1.13. The summed E-state index contributed by atoms with van der Waals surface area (Å²) in [5.74, 6) is -0.321. The number of aromatic nitrogens is 3. The maximum absolute atomic E-state index is 12.9. The van der Waals surface area contributed by atoms with E-state index in [0.29, 0.717) is 30.1 Å². The van der Waals surface area contributed by atoms with Gasteiger partial charge in [-0.1, -0.05) is 12.1 Å². The van der Waals surface area contributed by atoms with Crippen LogP contribution in [0.2, 0.25) is 0 Å². The molecule has 154 valence electrons. The molecule has 30 heavy (non-hydrogen) atoms. The molecule has 0 fully saturated rings. The molecule has 4 heterocycles. The number of fused-ring (bicyclic) bond motifs is 4. The average molecular weight is 424 g/mol. The lowest BCUT2D eigenvalue weighted by Crippen LogP contribution is -2.38. The Morgan fingerprint density at radius 1 is 1.10 bits per heavy atom. The van der Waals surface area contributed by atoms with Crippen molar-refractivity contribution in [1.29, 1.82) is 0 Å². The molecule has 1 aromatic carbocycles. The molecule has 5 rings (SSSR count). The van der Waals surface area contributed by atoms with Crippen molar-refractivity contribution in [2.45, 2.75) is 19.5 Å². The van der Waals surface area contributed by atoms with Gasteiger partial charge in [0.05, 0.1) is 12.1 Å². The van der Waals surface area contributed by atoms with Crippen LogP contribution < -0.4 is 4.90 Å². The van der Waals surface area contributed by atoms with E-state index in [1.165, 1.54) is 21.0 Å². The average Bonchev–Trinajstić information content (AvgIpc) is 3.30. The second-order valence-corrected chi connectivity index (χ2v) is 8.67. The number of hydrogen-bond acceptors (Lipinski definition) is 6. The van der Waals surface area contributed by atoms with E-state index in [9.17, 15) is 14.4 Å². The highest BCUT2D eigenvalue weighted by Gasteiger charge is 2.36. The fourth-order valence-corrected chi connectivity index (χ4v) is 5.27. The van der Waals surface area contributed by atoms with Crippen molar-refractivity contribution >= 4 is 45.1 Å². The van der Waals surface area contributed by atoms with Crippen LogP contribution in [0, 0.1) is 0 Å². The number of amides is 3. The molecule has 9 nitrogen and oxygen atoms in total. The van der Waals surface area contributed by atoms with E-state index in [1.54, 1.807) is 23.9 Å². The molecule has 0 atom stereocenters. The Hall–Kier alpha value is -3.27. The minimum atomic E-state index is -0.132. The topological polar surface area (TPSA) is 91.6 Å². The van der Waals surface area contributed by atoms with Crippen molar-refractivity contribution in [2.24, 2.45) is 0 Å². The van der Waals surface area contributed by atoms with E-state index in [2.05, 4.69) is 10.2 Å². The van der Waals surface area contributed by atoms with Gasteiger partial charge in [-0.25, -0.2) is 0 Å². The number of likely N-dealkylation sites (N-methyl/N-ethyl adjacent to an activating group) is 2. The Kier molecular flexibility index (Phi) is 4.31. The first-order valence-electron chi connectivity index (χ1n) is 9.66. The first kappa shape index (κ1) is 18.7. The maximum atomic E-state index is 12.9. The molecule has 0 unspecified atom stereocenters. The predicted molar refractivity (Wildman–Crippen MR) is 111 cm³/mol. The number of benzene rings is 1. The molecule has 0 spiro atoms. The van der Waals surface area contributed by atoms with Gasteiger partial charge in [0.1, 0.15) is 29.1 Å². The SMILES string of the molecule is CN1CC(=O)N(C)c2sc3c(c2C1=O)CCN(C(=O)Cn1nc2ccccc2n1)C3. The summed E-state index contributed by atoms with van der Waals surface area (Å²) < 4.78 is 0. The molecular weight excluding hydrogens is 404 g/mol. The Labute approximate surface area is 176 Å². The fraction of sp³-hybridized carbons (Fsp3) is 0.350. The van der Waals surface area contributed by atoms with Gasteiger partial charge in [-0.2, -0.15) is 15.0 Å². The van der Waals surface area contributed by atoms with Crippen LogP contribution >= 0.6 is 11.3 Å². The molecule has 10 heteroatoms. The Bertz CT molecular complexity index is 1170. The van der Waals surface area contributed by atoms with Crippen LogP contribution in [0.1, 0.15) is 20.8 Å². The van der Waals surface area contributed by atoms with Crippen LogP contribution in [0.3, 0.4) is 0 Å². The summed E-state index contributed by atoms with van der Waals surface area (Å²) in [5.41, 5.74) is 3.07. The minimum absolute atomic E-state index is 0.0646. The zero-order chi connectivity index (χ0) is 21.0. The van der Waals surface area contributed by atoms with Crippen molar-refractivity contribution in [2.75, 3.05) is 32.1 Å². The molecule has 0 radical (unpaired) electrons. The maximum Gasteiger partial charge on any atom is 0.257 e. The first-order valence-corrected chi connectivity index (χ1v) is 10.5. The number of carbonyl (C=O) groups is 3. The first-order chi connectivity index (χ1) is 14.4. The van der Waals surface area contributed by atoms with Crippen molar-refractivity contribution in [3.8, 4) is 0 Å². The summed E-state index contributed by atoms with van der Waals surface area (Å²) in [6.07, 6.45) is 0.586. The van der Waals surface area contributed by atoms with E-state index in [0.717, 1.165) is 21.5 Å². The quantitative estimate of drug-likeness (QED) is 0.615. The summed E-state index contributed by atoms with van der Waals surface area (Å²) in [7, 11) is 3.35. The van der Waals surface area contributed by atoms with E-state index < -0.39 is 0 Å².